The second-order valence-electron chi connectivity index (χ2n) is 6.40. The predicted octanol–water partition coefficient (Wildman–Crippen LogP) is 3.74. The van der Waals surface area contributed by atoms with E-state index in [1.807, 2.05) is 26.8 Å². The van der Waals surface area contributed by atoms with Crippen molar-refractivity contribution in [3.05, 3.63) is 56.9 Å². The Balaban J connectivity index is 1.87. The molecule has 7 nitrogen and oxygen atoms in total. The van der Waals surface area contributed by atoms with Crippen molar-refractivity contribution in [2.45, 2.75) is 39.7 Å². The van der Waals surface area contributed by atoms with Gasteiger partial charge in [0, 0.05) is 23.4 Å². The highest BCUT2D eigenvalue weighted by molar-refractivity contribution is 6.05. The molecule has 0 atom stereocenters. The van der Waals surface area contributed by atoms with Gasteiger partial charge < -0.3 is 10.6 Å². The van der Waals surface area contributed by atoms with Crippen molar-refractivity contribution in [1.29, 1.82) is 0 Å². The molecule has 0 bridgehead atoms. The van der Waals surface area contributed by atoms with Gasteiger partial charge in [0.05, 0.1) is 16.3 Å². The third kappa shape index (κ3) is 3.76. The lowest BCUT2D eigenvalue weighted by Gasteiger charge is -2.12. The fraction of sp³-hybridized carbons (Fsp3) is 0.333. The zero-order valence-corrected chi connectivity index (χ0v) is 14.4. The van der Waals surface area contributed by atoms with Crippen molar-refractivity contribution in [3.8, 4) is 0 Å². The summed E-state index contributed by atoms with van der Waals surface area (Å²) in [6.45, 7) is 5.60. The van der Waals surface area contributed by atoms with Crippen LogP contribution in [0.1, 0.15) is 40.2 Å². The van der Waals surface area contributed by atoms with Gasteiger partial charge >= 0.3 is 0 Å². The average molecular weight is 340 g/mol. The topological polar surface area (TPSA) is 97.2 Å². The first kappa shape index (κ1) is 16.9. The van der Waals surface area contributed by atoms with E-state index >= 15 is 0 Å². The molecule has 25 heavy (non-hydrogen) atoms. The number of hydrogen-bond acceptors (Lipinski definition) is 5. The highest BCUT2D eigenvalue weighted by Crippen LogP contribution is 2.32. The molecular formula is C18H20N4O3. The van der Waals surface area contributed by atoms with Crippen molar-refractivity contribution in [2.24, 2.45) is 0 Å². The maximum absolute atomic E-state index is 12.5. The van der Waals surface area contributed by atoms with E-state index in [0.29, 0.717) is 23.1 Å². The largest absolute Gasteiger partial charge is 0.377 e. The van der Waals surface area contributed by atoms with Crippen molar-refractivity contribution in [3.63, 3.8) is 0 Å². The summed E-state index contributed by atoms with van der Waals surface area (Å²) in [5.74, 6) is -0.391. The molecule has 1 aromatic heterocycles. The number of rotatable bonds is 5. The van der Waals surface area contributed by atoms with Crippen LogP contribution in [0.25, 0.3) is 0 Å². The normalized spacial score (nSPS) is 13.4. The molecule has 1 fully saturated rings. The molecule has 0 saturated heterocycles. The second kappa shape index (κ2) is 6.51. The fourth-order valence-corrected chi connectivity index (χ4v) is 2.79. The minimum atomic E-state index is -0.467. The first-order valence-corrected chi connectivity index (χ1v) is 8.16. The van der Waals surface area contributed by atoms with E-state index in [1.54, 1.807) is 12.1 Å². The molecule has 0 unspecified atom stereocenters. The maximum Gasteiger partial charge on any atom is 0.293 e. The van der Waals surface area contributed by atoms with E-state index in [1.165, 1.54) is 6.07 Å². The number of carbonyl (C=O) groups is 1. The number of carbonyl (C=O) groups excluding carboxylic acids is 1. The zero-order chi connectivity index (χ0) is 18.1. The number of nitrogens with one attached hydrogen (secondary N) is 2. The van der Waals surface area contributed by atoms with E-state index in [2.05, 4.69) is 15.6 Å². The van der Waals surface area contributed by atoms with Gasteiger partial charge in [0.15, 0.2) is 0 Å². The third-order valence-corrected chi connectivity index (χ3v) is 4.16. The van der Waals surface area contributed by atoms with Crippen molar-refractivity contribution >= 4 is 23.0 Å². The maximum atomic E-state index is 12.5. The Morgan fingerprint density at radius 2 is 1.96 bits per heavy atom. The molecule has 1 amide bonds. The number of aryl methyl sites for hydroxylation is 3. The predicted molar refractivity (Wildman–Crippen MR) is 96.1 cm³/mol. The summed E-state index contributed by atoms with van der Waals surface area (Å²) in [5.41, 5.74) is 3.74. The number of nitro benzene ring substituents is 1. The van der Waals surface area contributed by atoms with Crippen LogP contribution in [0.3, 0.4) is 0 Å². The van der Waals surface area contributed by atoms with Gasteiger partial charge in [-0.2, -0.15) is 0 Å². The number of anilines is 2. The minimum absolute atomic E-state index is 0.0879. The summed E-state index contributed by atoms with van der Waals surface area (Å²) in [6.07, 6.45) is 2.02. The molecule has 1 heterocycles. The zero-order valence-electron chi connectivity index (χ0n) is 14.4. The number of amides is 1. The van der Waals surface area contributed by atoms with Crippen molar-refractivity contribution < 1.29 is 9.72 Å². The van der Waals surface area contributed by atoms with E-state index < -0.39 is 10.8 Å². The van der Waals surface area contributed by atoms with Gasteiger partial charge in [0.1, 0.15) is 5.69 Å². The Morgan fingerprint density at radius 1 is 1.24 bits per heavy atom. The highest BCUT2D eigenvalue weighted by atomic mass is 16.6. The van der Waals surface area contributed by atoms with Crippen LogP contribution in [0.5, 0.6) is 0 Å². The molecule has 7 heteroatoms. The third-order valence-electron chi connectivity index (χ3n) is 4.16. The summed E-state index contributed by atoms with van der Waals surface area (Å²) in [6, 6.07) is 6.68. The highest BCUT2D eigenvalue weighted by Gasteiger charge is 2.25. The summed E-state index contributed by atoms with van der Waals surface area (Å²) in [5, 5.41) is 17.3. The second-order valence-corrected chi connectivity index (χ2v) is 6.40. The van der Waals surface area contributed by atoms with E-state index in [0.717, 1.165) is 24.1 Å². The van der Waals surface area contributed by atoms with Gasteiger partial charge in [-0.25, -0.2) is 0 Å². The minimum Gasteiger partial charge on any atom is -0.377 e. The van der Waals surface area contributed by atoms with Gasteiger partial charge in [-0.1, -0.05) is 0 Å². The van der Waals surface area contributed by atoms with Gasteiger partial charge in [0.2, 0.25) is 0 Å². The Morgan fingerprint density at radius 3 is 2.56 bits per heavy atom. The Labute approximate surface area is 145 Å². The lowest BCUT2D eigenvalue weighted by Crippen LogP contribution is -2.15. The molecule has 0 radical (unpaired) electrons. The number of nitro groups is 1. The molecule has 1 aromatic carbocycles. The molecule has 0 spiro atoms. The monoisotopic (exact) mass is 340 g/mol. The quantitative estimate of drug-likeness (QED) is 0.638. The van der Waals surface area contributed by atoms with Gasteiger partial charge in [-0.3, -0.25) is 19.9 Å². The number of benzene rings is 1. The molecule has 1 saturated carbocycles. The lowest BCUT2D eigenvalue weighted by atomic mass is 10.1. The SMILES string of the molecule is Cc1cc(C)c(NC(=O)c2ccc(NC3CC3)c([N+](=O)[O-])c2)c(C)n1. The summed E-state index contributed by atoms with van der Waals surface area (Å²) in [4.78, 5) is 27.7. The molecule has 3 rings (SSSR count). The van der Waals surface area contributed by atoms with Crippen molar-refractivity contribution in [2.75, 3.05) is 10.6 Å². The molecule has 0 aliphatic heterocycles. The number of nitrogens with zero attached hydrogens (tertiary/aromatic N) is 2. The van der Waals surface area contributed by atoms with E-state index in [4.69, 9.17) is 0 Å². The molecule has 1 aliphatic rings. The number of hydrogen-bond donors (Lipinski definition) is 2. The van der Waals surface area contributed by atoms with Crippen LogP contribution in [0.4, 0.5) is 17.1 Å². The summed E-state index contributed by atoms with van der Waals surface area (Å²) >= 11 is 0. The molecule has 130 valence electrons. The van der Waals surface area contributed by atoms with Crippen LogP contribution in [-0.2, 0) is 0 Å². The van der Waals surface area contributed by atoms with Gasteiger partial charge in [-0.05, 0) is 57.4 Å². The fourth-order valence-electron chi connectivity index (χ4n) is 2.79. The van der Waals surface area contributed by atoms with Crippen LogP contribution in [-0.4, -0.2) is 21.9 Å². The molecular weight excluding hydrogens is 320 g/mol. The first-order valence-electron chi connectivity index (χ1n) is 8.16. The van der Waals surface area contributed by atoms with Gasteiger partial charge in [0.25, 0.3) is 11.6 Å². The van der Waals surface area contributed by atoms with Crippen molar-refractivity contribution in [1.82, 2.24) is 4.98 Å². The summed E-state index contributed by atoms with van der Waals surface area (Å²) in [7, 11) is 0. The van der Waals surface area contributed by atoms with Crippen LogP contribution in [0.2, 0.25) is 0 Å². The summed E-state index contributed by atoms with van der Waals surface area (Å²) < 4.78 is 0. The molecule has 1 aliphatic carbocycles. The van der Waals surface area contributed by atoms with Gasteiger partial charge in [-0.15, -0.1) is 0 Å². The Hall–Kier alpha value is -2.96. The van der Waals surface area contributed by atoms with Crippen LogP contribution < -0.4 is 10.6 Å². The molecule has 2 aromatic rings. The number of pyridine rings is 1. The van der Waals surface area contributed by atoms with E-state index in [-0.39, 0.29) is 11.3 Å². The number of aromatic nitrogens is 1. The standard InChI is InChI=1S/C18H20N4O3/c1-10-8-11(2)19-12(3)17(10)21-18(23)13-4-7-15(20-14-5-6-14)16(9-13)22(24)25/h4,7-9,14,20H,5-6H2,1-3H3,(H,21,23). The van der Waals surface area contributed by atoms with E-state index in [9.17, 15) is 14.9 Å². The average Bonchev–Trinajstić information content (AvgIpc) is 3.34. The van der Waals surface area contributed by atoms with Crippen LogP contribution in [0, 0.1) is 30.9 Å². The van der Waals surface area contributed by atoms with Crippen LogP contribution in [0.15, 0.2) is 24.3 Å². The Kier molecular flexibility index (Phi) is 4.39. The van der Waals surface area contributed by atoms with Crippen LogP contribution >= 0.6 is 0 Å². The Bertz CT molecular complexity index is 836. The lowest BCUT2D eigenvalue weighted by molar-refractivity contribution is -0.384. The first-order chi connectivity index (χ1) is 11.8. The smallest absolute Gasteiger partial charge is 0.293 e. The molecule has 2 N–H and O–H groups in total.